The van der Waals surface area contributed by atoms with Crippen molar-refractivity contribution in [2.75, 3.05) is 11.9 Å². The van der Waals surface area contributed by atoms with Crippen LogP contribution in [0.5, 0.6) is 17.2 Å². The molecule has 1 unspecified atom stereocenters. The molecule has 4 aromatic rings. The average molecular weight is 552 g/mol. The van der Waals surface area contributed by atoms with E-state index in [1.807, 2.05) is 12.1 Å². The number of carbonyl (C=O) groups is 2. The smallest absolute Gasteiger partial charge is 0.493 e. The minimum atomic E-state index is -1.37. The number of fused-ring (bicyclic) bond motifs is 1. The molecule has 2 heterocycles. The molecule has 0 bridgehead atoms. The SMILES string of the molecule is O=C(O)OC1CCOc2cc(Oc3ccc(C(=O)Nc4cncc(-c5ccc(Cl)cc5)n4)cc3)c(Cl)cc21. The highest BCUT2D eigenvalue weighted by Crippen LogP contribution is 2.42. The zero-order valence-corrected chi connectivity index (χ0v) is 21.1. The molecule has 0 aliphatic carbocycles. The number of carboxylic acid groups (broad SMARTS) is 1. The number of amides is 1. The summed E-state index contributed by atoms with van der Waals surface area (Å²) in [4.78, 5) is 32.3. The van der Waals surface area contributed by atoms with Crippen LogP contribution in [0.4, 0.5) is 10.6 Å². The maximum Gasteiger partial charge on any atom is 0.506 e. The highest BCUT2D eigenvalue weighted by atomic mass is 35.5. The molecule has 5 rings (SSSR count). The second kappa shape index (κ2) is 11.0. The van der Waals surface area contributed by atoms with Crippen molar-refractivity contribution in [2.45, 2.75) is 12.5 Å². The lowest BCUT2D eigenvalue weighted by molar-refractivity contribution is 0.0326. The fourth-order valence-electron chi connectivity index (χ4n) is 3.86. The normalized spacial score (nSPS) is 14.1. The van der Waals surface area contributed by atoms with Gasteiger partial charge in [-0.1, -0.05) is 35.3 Å². The first-order valence-corrected chi connectivity index (χ1v) is 12.1. The number of hydrogen-bond acceptors (Lipinski definition) is 7. The molecule has 11 heteroatoms. The Kier molecular flexibility index (Phi) is 7.30. The monoisotopic (exact) mass is 551 g/mol. The van der Waals surface area contributed by atoms with Crippen LogP contribution in [-0.4, -0.2) is 33.7 Å². The van der Waals surface area contributed by atoms with E-state index in [0.717, 1.165) is 5.56 Å². The summed E-state index contributed by atoms with van der Waals surface area (Å²) in [6.45, 7) is 0.294. The van der Waals surface area contributed by atoms with Crippen molar-refractivity contribution in [1.29, 1.82) is 0 Å². The number of hydrogen-bond donors (Lipinski definition) is 2. The molecule has 38 heavy (non-hydrogen) atoms. The maximum absolute atomic E-state index is 12.8. The fourth-order valence-corrected chi connectivity index (χ4v) is 4.19. The largest absolute Gasteiger partial charge is 0.506 e. The Morgan fingerprint density at radius 3 is 2.53 bits per heavy atom. The van der Waals surface area contributed by atoms with Gasteiger partial charge in [0.05, 0.1) is 29.7 Å². The van der Waals surface area contributed by atoms with Crippen LogP contribution in [0.25, 0.3) is 11.3 Å². The third-order valence-corrected chi connectivity index (χ3v) is 6.20. The molecule has 3 aromatic carbocycles. The molecule has 0 spiro atoms. The van der Waals surface area contributed by atoms with E-state index < -0.39 is 12.3 Å². The van der Waals surface area contributed by atoms with Gasteiger partial charge < -0.3 is 24.6 Å². The Hall–Kier alpha value is -4.34. The zero-order valence-electron chi connectivity index (χ0n) is 19.6. The third-order valence-electron chi connectivity index (χ3n) is 5.65. The number of nitrogens with one attached hydrogen (secondary N) is 1. The molecule has 2 N–H and O–H groups in total. The van der Waals surface area contributed by atoms with Gasteiger partial charge in [-0.05, 0) is 42.5 Å². The van der Waals surface area contributed by atoms with E-state index in [1.165, 1.54) is 6.20 Å². The molecule has 0 saturated heterocycles. The summed E-state index contributed by atoms with van der Waals surface area (Å²) in [7, 11) is 0. The molecule has 1 amide bonds. The molecular formula is C27H19Cl2N3O6. The molecule has 0 fully saturated rings. The Morgan fingerprint density at radius 1 is 1.03 bits per heavy atom. The molecule has 1 aromatic heterocycles. The van der Waals surface area contributed by atoms with Crippen molar-refractivity contribution >= 4 is 41.1 Å². The van der Waals surface area contributed by atoms with Crippen LogP contribution in [0.15, 0.2) is 73.1 Å². The average Bonchev–Trinajstić information content (AvgIpc) is 2.90. The van der Waals surface area contributed by atoms with Gasteiger partial charge in [0.25, 0.3) is 5.91 Å². The van der Waals surface area contributed by atoms with Crippen LogP contribution in [0, 0.1) is 0 Å². The highest BCUT2D eigenvalue weighted by Gasteiger charge is 2.27. The van der Waals surface area contributed by atoms with Gasteiger partial charge >= 0.3 is 6.16 Å². The van der Waals surface area contributed by atoms with Crippen molar-refractivity contribution < 1.29 is 28.9 Å². The third kappa shape index (κ3) is 5.80. The molecule has 1 aliphatic heterocycles. The maximum atomic E-state index is 12.8. The van der Waals surface area contributed by atoms with E-state index in [-0.39, 0.29) is 10.9 Å². The molecular weight excluding hydrogens is 533 g/mol. The minimum Gasteiger partial charge on any atom is -0.493 e. The Bertz CT molecular complexity index is 1500. The topological polar surface area (TPSA) is 120 Å². The number of halogens is 2. The first kappa shape index (κ1) is 25.3. The summed E-state index contributed by atoms with van der Waals surface area (Å²) in [6, 6.07) is 16.7. The lowest BCUT2D eigenvalue weighted by Crippen LogP contribution is -2.18. The van der Waals surface area contributed by atoms with Crippen molar-refractivity contribution in [3.05, 3.63) is 94.2 Å². The zero-order chi connectivity index (χ0) is 26.6. The van der Waals surface area contributed by atoms with E-state index in [2.05, 4.69) is 15.3 Å². The molecule has 192 valence electrons. The molecule has 9 nitrogen and oxygen atoms in total. The van der Waals surface area contributed by atoms with Crippen LogP contribution in [0.1, 0.15) is 28.4 Å². The minimum absolute atomic E-state index is 0.259. The lowest BCUT2D eigenvalue weighted by atomic mass is 10.0. The quantitative estimate of drug-likeness (QED) is 0.245. The Balaban J connectivity index is 1.27. The summed E-state index contributed by atoms with van der Waals surface area (Å²) in [5, 5.41) is 12.6. The van der Waals surface area contributed by atoms with Crippen LogP contribution in [0.2, 0.25) is 10.0 Å². The van der Waals surface area contributed by atoms with E-state index in [0.29, 0.717) is 57.9 Å². The first-order valence-electron chi connectivity index (χ1n) is 11.4. The van der Waals surface area contributed by atoms with E-state index in [9.17, 15) is 9.59 Å². The van der Waals surface area contributed by atoms with Crippen LogP contribution >= 0.6 is 23.2 Å². The van der Waals surface area contributed by atoms with Gasteiger partial charge in [0.15, 0.2) is 5.82 Å². The Labute approximate surface area is 226 Å². The summed E-state index contributed by atoms with van der Waals surface area (Å²) < 4.78 is 16.4. The molecule has 1 aliphatic rings. The number of anilines is 1. The summed E-state index contributed by atoms with van der Waals surface area (Å²) >= 11 is 12.3. The standard InChI is InChI=1S/C27H19Cl2N3O6/c28-17-5-1-15(2-6-17)21-13-30-14-25(31-21)32-26(33)16-3-7-18(8-4-16)37-24-12-23-19(11-20(24)29)22(9-10-36-23)38-27(34)35/h1-8,11-14,22H,9-10H2,(H,34,35)(H,31,32,33). The summed E-state index contributed by atoms with van der Waals surface area (Å²) in [5.41, 5.74) is 2.32. The summed E-state index contributed by atoms with van der Waals surface area (Å²) in [5.74, 6) is 1.10. The summed E-state index contributed by atoms with van der Waals surface area (Å²) in [6.07, 6.45) is 1.40. The lowest BCUT2D eigenvalue weighted by Gasteiger charge is -2.25. The van der Waals surface area contributed by atoms with Gasteiger partial charge in [-0.2, -0.15) is 0 Å². The van der Waals surface area contributed by atoms with Crippen LogP contribution < -0.4 is 14.8 Å². The number of aromatic nitrogens is 2. The van der Waals surface area contributed by atoms with E-state index >= 15 is 0 Å². The second-order valence-electron chi connectivity index (χ2n) is 8.21. The van der Waals surface area contributed by atoms with Gasteiger partial charge in [-0.25, -0.2) is 9.78 Å². The van der Waals surface area contributed by atoms with Crippen molar-refractivity contribution in [1.82, 2.24) is 9.97 Å². The number of carbonyl (C=O) groups excluding carboxylic acids is 1. The predicted octanol–water partition coefficient (Wildman–Crippen LogP) is 7.01. The van der Waals surface area contributed by atoms with Gasteiger partial charge in [-0.3, -0.25) is 9.78 Å². The van der Waals surface area contributed by atoms with Gasteiger partial charge in [-0.15, -0.1) is 0 Å². The van der Waals surface area contributed by atoms with E-state index in [4.69, 9.17) is 42.5 Å². The van der Waals surface area contributed by atoms with Crippen molar-refractivity contribution in [3.8, 4) is 28.5 Å². The predicted molar refractivity (Wildman–Crippen MR) is 140 cm³/mol. The molecule has 0 radical (unpaired) electrons. The highest BCUT2D eigenvalue weighted by molar-refractivity contribution is 6.32. The second-order valence-corrected chi connectivity index (χ2v) is 9.05. The number of benzene rings is 3. The fraction of sp³-hybridized carbons (Fsp3) is 0.111. The number of ether oxygens (including phenoxy) is 3. The van der Waals surface area contributed by atoms with Gasteiger partial charge in [0.1, 0.15) is 23.4 Å². The van der Waals surface area contributed by atoms with Crippen LogP contribution in [0.3, 0.4) is 0 Å². The van der Waals surface area contributed by atoms with E-state index in [1.54, 1.807) is 54.7 Å². The molecule has 1 atom stereocenters. The first-order chi connectivity index (χ1) is 18.4. The molecule has 0 saturated carbocycles. The van der Waals surface area contributed by atoms with Crippen molar-refractivity contribution in [3.63, 3.8) is 0 Å². The van der Waals surface area contributed by atoms with Gasteiger partial charge in [0.2, 0.25) is 0 Å². The van der Waals surface area contributed by atoms with Crippen LogP contribution in [-0.2, 0) is 4.74 Å². The Morgan fingerprint density at radius 2 is 1.79 bits per heavy atom. The van der Waals surface area contributed by atoms with Crippen molar-refractivity contribution in [2.24, 2.45) is 0 Å². The number of rotatable bonds is 6. The van der Waals surface area contributed by atoms with Gasteiger partial charge in [0, 0.05) is 34.2 Å². The number of nitrogens with zero attached hydrogens (tertiary/aromatic N) is 2.